The zero-order chi connectivity index (χ0) is 26.3. The molecule has 0 bridgehead atoms. The molecule has 1 heteroatoms. The number of fused-ring (bicyclic) bond motifs is 10. The molecular weight excluding hydrogens is 470 g/mol. The second-order valence-electron chi connectivity index (χ2n) is 11.2. The summed E-state index contributed by atoms with van der Waals surface area (Å²) in [7, 11) is 0. The van der Waals surface area contributed by atoms with Crippen molar-refractivity contribution < 1.29 is 0 Å². The normalized spacial score (nSPS) is 17.1. The van der Waals surface area contributed by atoms with Crippen molar-refractivity contribution in [3.63, 3.8) is 0 Å². The Morgan fingerprint density at radius 3 is 1.79 bits per heavy atom. The highest BCUT2D eigenvalue weighted by atomic mass is 15.0. The first-order valence-corrected chi connectivity index (χ1v) is 13.8. The van der Waals surface area contributed by atoms with Gasteiger partial charge in [0.25, 0.3) is 0 Å². The average molecular weight is 500 g/mol. The van der Waals surface area contributed by atoms with Crippen LogP contribution in [0.25, 0.3) is 44.2 Å². The van der Waals surface area contributed by atoms with E-state index >= 15 is 0 Å². The lowest BCUT2D eigenvalue weighted by Gasteiger charge is -2.32. The quantitative estimate of drug-likeness (QED) is 0.223. The minimum Gasteiger partial charge on any atom is -0.309 e. The van der Waals surface area contributed by atoms with Crippen molar-refractivity contribution >= 4 is 27.4 Å². The summed E-state index contributed by atoms with van der Waals surface area (Å²) in [4.78, 5) is 0. The number of para-hydroxylation sites is 2. The number of hydrogen-bond acceptors (Lipinski definition) is 0. The summed E-state index contributed by atoms with van der Waals surface area (Å²) in [6.07, 6.45) is 2.42. The van der Waals surface area contributed by atoms with Crippen LogP contribution >= 0.6 is 0 Å². The Labute approximate surface area is 229 Å². The average Bonchev–Trinajstić information content (AvgIpc) is 3.54. The van der Waals surface area contributed by atoms with Crippen molar-refractivity contribution in [1.82, 2.24) is 4.57 Å². The van der Waals surface area contributed by atoms with Gasteiger partial charge in [-0.25, -0.2) is 0 Å². The first-order valence-electron chi connectivity index (χ1n) is 13.8. The van der Waals surface area contributed by atoms with Crippen LogP contribution in [-0.2, 0) is 5.41 Å². The second kappa shape index (κ2) is 7.94. The van der Waals surface area contributed by atoms with Crippen LogP contribution in [0.4, 0.5) is 0 Å². The molecule has 2 aliphatic carbocycles. The fourth-order valence-corrected chi connectivity index (χ4v) is 7.40. The number of nitrogens with zero attached hydrogens (tertiary/aromatic N) is 1. The van der Waals surface area contributed by atoms with Crippen molar-refractivity contribution in [2.45, 2.75) is 26.2 Å². The van der Waals surface area contributed by atoms with Crippen molar-refractivity contribution in [1.29, 1.82) is 0 Å². The highest BCUT2D eigenvalue weighted by molar-refractivity contribution is 6.09. The van der Waals surface area contributed by atoms with Gasteiger partial charge in [-0.2, -0.15) is 0 Å². The van der Waals surface area contributed by atoms with E-state index in [1.165, 1.54) is 77.6 Å². The van der Waals surface area contributed by atoms with Crippen LogP contribution in [0, 0.1) is 0 Å². The molecule has 0 fully saturated rings. The third kappa shape index (κ3) is 2.80. The predicted octanol–water partition coefficient (Wildman–Crippen LogP) is 9.85. The van der Waals surface area contributed by atoms with Gasteiger partial charge in [0.05, 0.1) is 16.4 Å². The van der Waals surface area contributed by atoms with Crippen LogP contribution in [0.5, 0.6) is 0 Å². The van der Waals surface area contributed by atoms with Crippen LogP contribution in [-0.4, -0.2) is 4.57 Å². The third-order valence-corrected chi connectivity index (χ3v) is 8.84. The van der Waals surface area contributed by atoms with Crippen molar-refractivity contribution in [2.75, 3.05) is 0 Å². The molecule has 6 aromatic rings. The van der Waals surface area contributed by atoms with Crippen LogP contribution in [0.15, 0.2) is 132 Å². The van der Waals surface area contributed by atoms with Crippen molar-refractivity contribution in [3.8, 4) is 16.8 Å². The van der Waals surface area contributed by atoms with E-state index in [1.807, 2.05) is 0 Å². The Hall–Kier alpha value is -4.62. The Balaban J connectivity index is 1.51. The van der Waals surface area contributed by atoms with Crippen LogP contribution < -0.4 is 0 Å². The molecule has 1 atom stereocenters. The molecule has 186 valence electrons. The molecule has 8 rings (SSSR count). The summed E-state index contributed by atoms with van der Waals surface area (Å²) in [6, 6.07) is 42.8. The lowest BCUT2D eigenvalue weighted by Crippen LogP contribution is -2.27. The molecule has 1 heterocycles. The Bertz CT molecular complexity index is 1990. The lowest BCUT2D eigenvalue weighted by molar-refractivity contribution is 0.783. The summed E-state index contributed by atoms with van der Waals surface area (Å²) in [5, 5.41) is 2.58. The molecule has 0 saturated carbocycles. The van der Waals surface area contributed by atoms with E-state index in [-0.39, 0.29) is 5.41 Å². The largest absolute Gasteiger partial charge is 0.309 e. The summed E-state index contributed by atoms with van der Waals surface area (Å²) in [6.45, 7) is 6.74. The minimum atomic E-state index is -0.335. The van der Waals surface area contributed by atoms with Gasteiger partial charge < -0.3 is 4.57 Å². The summed E-state index contributed by atoms with van der Waals surface area (Å²) >= 11 is 0. The first-order chi connectivity index (χ1) is 19.1. The van der Waals surface area contributed by atoms with Gasteiger partial charge in [0.15, 0.2) is 0 Å². The van der Waals surface area contributed by atoms with Gasteiger partial charge in [0.1, 0.15) is 0 Å². The summed E-state index contributed by atoms with van der Waals surface area (Å²) < 4.78 is 2.44. The topological polar surface area (TPSA) is 4.93 Å². The first kappa shape index (κ1) is 22.4. The van der Waals surface area contributed by atoms with Crippen LogP contribution in [0.1, 0.15) is 43.0 Å². The Morgan fingerprint density at radius 1 is 0.590 bits per heavy atom. The molecular formula is C38H29N. The maximum atomic E-state index is 2.47. The molecule has 0 saturated heterocycles. The van der Waals surface area contributed by atoms with Gasteiger partial charge in [-0.3, -0.25) is 0 Å². The number of hydrogen-bond donors (Lipinski definition) is 0. The number of benzene rings is 5. The van der Waals surface area contributed by atoms with E-state index in [1.54, 1.807) is 0 Å². The van der Waals surface area contributed by atoms with Gasteiger partial charge in [0, 0.05) is 16.5 Å². The van der Waals surface area contributed by atoms with E-state index in [2.05, 4.69) is 147 Å². The molecule has 0 amide bonds. The minimum absolute atomic E-state index is 0.335. The van der Waals surface area contributed by atoms with E-state index in [0.29, 0.717) is 0 Å². The number of allylic oxidation sites excluding steroid dienone is 4. The summed E-state index contributed by atoms with van der Waals surface area (Å²) in [5.41, 5.74) is 15.6. The van der Waals surface area contributed by atoms with E-state index in [4.69, 9.17) is 0 Å². The number of aromatic nitrogens is 1. The highest BCUT2D eigenvalue weighted by Crippen LogP contribution is 2.62. The second-order valence-corrected chi connectivity index (χ2v) is 11.2. The number of rotatable bonds is 2. The zero-order valence-corrected chi connectivity index (χ0v) is 22.5. The Morgan fingerprint density at radius 2 is 1.13 bits per heavy atom. The fraction of sp³-hybridized carbons (Fsp3) is 0.105. The Kier molecular flexibility index (Phi) is 4.56. The smallest absolute Gasteiger partial charge is 0.0722 e. The van der Waals surface area contributed by atoms with Crippen LogP contribution in [0.2, 0.25) is 0 Å². The molecule has 1 unspecified atom stereocenters. The summed E-state index contributed by atoms with van der Waals surface area (Å²) in [5.74, 6) is 0. The van der Waals surface area contributed by atoms with Gasteiger partial charge in [0.2, 0.25) is 0 Å². The molecule has 0 radical (unpaired) electrons. The molecule has 2 aliphatic rings. The highest BCUT2D eigenvalue weighted by Gasteiger charge is 2.51. The maximum absolute atomic E-state index is 2.47. The molecule has 0 aliphatic heterocycles. The standard InChI is InChI=1S/C38H29N/c1-24(2)22-34-25(3)27-12-4-8-16-32(27)38(34)33-17-9-5-13-28(33)29-21-20-26(23-35(29)38)39-36-18-10-6-14-30(36)31-15-7-11-19-37(31)39/h4-23H,1-3H3. The van der Waals surface area contributed by atoms with Crippen molar-refractivity contribution in [2.24, 2.45) is 0 Å². The molecule has 1 nitrogen and oxygen atoms in total. The molecule has 39 heavy (non-hydrogen) atoms. The maximum Gasteiger partial charge on any atom is 0.0722 e. The van der Waals surface area contributed by atoms with E-state index in [9.17, 15) is 0 Å². The molecule has 5 aromatic carbocycles. The molecule has 0 N–H and O–H groups in total. The van der Waals surface area contributed by atoms with E-state index in [0.717, 1.165) is 0 Å². The van der Waals surface area contributed by atoms with Gasteiger partial charge >= 0.3 is 0 Å². The van der Waals surface area contributed by atoms with Gasteiger partial charge in [-0.1, -0.05) is 103 Å². The van der Waals surface area contributed by atoms with Gasteiger partial charge in [-0.15, -0.1) is 0 Å². The van der Waals surface area contributed by atoms with E-state index < -0.39 is 0 Å². The molecule has 1 aromatic heterocycles. The SMILES string of the molecule is CC(C)=CC1=C(C)c2ccccc2C12c1ccccc1-c1ccc(-n3c4ccccc4c4ccccc43)cc12. The predicted molar refractivity (Wildman–Crippen MR) is 165 cm³/mol. The molecule has 1 spiro atoms. The fourth-order valence-electron chi connectivity index (χ4n) is 7.40. The van der Waals surface area contributed by atoms with Crippen molar-refractivity contribution in [3.05, 3.63) is 155 Å². The lowest BCUT2D eigenvalue weighted by atomic mass is 9.69. The third-order valence-electron chi connectivity index (χ3n) is 8.84. The van der Waals surface area contributed by atoms with Gasteiger partial charge in [-0.05, 0) is 89.6 Å². The monoisotopic (exact) mass is 499 g/mol. The van der Waals surface area contributed by atoms with Crippen LogP contribution in [0.3, 0.4) is 0 Å². The zero-order valence-electron chi connectivity index (χ0n) is 22.5.